The molecule has 0 aliphatic rings. The van der Waals surface area contributed by atoms with Gasteiger partial charge in [-0.25, -0.2) is 4.39 Å². The Morgan fingerprint density at radius 3 is 2.88 bits per heavy atom. The van der Waals surface area contributed by atoms with Crippen LogP contribution in [-0.4, -0.2) is 23.5 Å². The van der Waals surface area contributed by atoms with Gasteiger partial charge in [0.05, 0.1) is 11.5 Å². The third-order valence-electron chi connectivity index (χ3n) is 2.31. The lowest BCUT2D eigenvalue weighted by Gasteiger charge is -2.08. The van der Waals surface area contributed by atoms with E-state index in [0.717, 1.165) is 6.07 Å². The third kappa shape index (κ3) is 4.40. The Labute approximate surface area is 107 Å². The van der Waals surface area contributed by atoms with Crippen molar-refractivity contribution in [1.82, 2.24) is 0 Å². The molecular weight excluding hydrogens is 293 g/mol. The Kier molecular flexibility index (Phi) is 5.50. The zero-order valence-corrected chi connectivity index (χ0v) is 10.9. The van der Waals surface area contributed by atoms with Crippen LogP contribution in [0.5, 0.6) is 0 Å². The Hall–Kier alpha value is -1.01. The quantitative estimate of drug-likeness (QED) is 0.461. The van der Waals surface area contributed by atoms with Crippen LogP contribution in [0.1, 0.15) is 12.0 Å². The molecule has 0 amide bonds. The lowest BCUT2D eigenvalue weighted by molar-refractivity contribution is -0.385. The summed E-state index contributed by atoms with van der Waals surface area (Å²) < 4.78 is 18.0. The monoisotopic (exact) mass is 305 g/mol. The van der Waals surface area contributed by atoms with Crippen LogP contribution < -0.4 is 0 Å². The van der Waals surface area contributed by atoms with E-state index in [-0.39, 0.29) is 10.5 Å². The van der Waals surface area contributed by atoms with Gasteiger partial charge in [0.2, 0.25) is 0 Å². The fourth-order valence-corrected chi connectivity index (χ4v) is 2.00. The highest BCUT2D eigenvalue weighted by atomic mass is 79.9. The van der Waals surface area contributed by atoms with Crippen LogP contribution in [-0.2, 0) is 11.2 Å². The lowest BCUT2D eigenvalue weighted by atomic mass is 10.1. The smallest absolute Gasteiger partial charge is 0.272 e. The number of halogens is 2. The number of benzene rings is 1. The van der Waals surface area contributed by atoms with E-state index in [1.54, 1.807) is 7.11 Å². The minimum atomic E-state index is -0.492. The molecule has 0 heterocycles. The Bertz CT molecular complexity index is 400. The molecule has 0 aliphatic carbocycles. The van der Waals surface area contributed by atoms with Gasteiger partial charge in [0.15, 0.2) is 0 Å². The van der Waals surface area contributed by atoms with Crippen molar-refractivity contribution < 1.29 is 14.1 Å². The standard InChI is InChI=1S/C11H13BrFNO3/c1-17-7-9(12)3-2-8-6-10(13)4-5-11(8)14(15)16/h4-6,9H,2-3,7H2,1H3. The maximum absolute atomic E-state index is 13.0. The SMILES string of the molecule is COCC(Br)CCc1cc(F)ccc1[N+](=O)[O-]. The molecule has 94 valence electrons. The van der Waals surface area contributed by atoms with Gasteiger partial charge in [-0.05, 0) is 25.0 Å². The molecule has 0 fully saturated rings. The highest BCUT2D eigenvalue weighted by Crippen LogP contribution is 2.22. The van der Waals surface area contributed by atoms with Crippen molar-refractivity contribution in [2.45, 2.75) is 17.7 Å². The molecule has 17 heavy (non-hydrogen) atoms. The number of hydrogen-bond acceptors (Lipinski definition) is 3. The first-order chi connectivity index (χ1) is 8.04. The molecule has 0 saturated carbocycles. The van der Waals surface area contributed by atoms with Crippen molar-refractivity contribution in [3.63, 3.8) is 0 Å². The van der Waals surface area contributed by atoms with Crippen LogP contribution in [0.2, 0.25) is 0 Å². The fraction of sp³-hybridized carbons (Fsp3) is 0.455. The topological polar surface area (TPSA) is 52.4 Å². The van der Waals surface area contributed by atoms with Crippen molar-refractivity contribution >= 4 is 21.6 Å². The molecule has 1 atom stereocenters. The number of methoxy groups -OCH3 is 1. The Morgan fingerprint density at radius 1 is 1.59 bits per heavy atom. The van der Waals surface area contributed by atoms with Gasteiger partial charge in [0, 0.05) is 23.6 Å². The van der Waals surface area contributed by atoms with Crippen LogP contribution in [0.4, 0.5) is 10.1 Å². The minimum Gasteiger partial charge on any atom is -0.384 e. The van der Waals surface area contributed by atoms with Crippen molar-refractivity contribution in [2.24, 2.45) is 0 Å². The molecule has 0 aliphatic heterocycles. The second-order valence-electron chi connectivity index (χ2n) is 3.62. The van der Waals surface area contributed by atoms with E-state index in [1.165, 1.54) is 12.1 Å². The van der Waals surface area contributed by atoms with E-state index in [2.05, 4.69) is 15.9 Å². The Morgan fingerprint density at radius 2 is 2.29 bits per heavy atom. The summed E-state index contributed by atoms with van der Waals surface area (Å²) in [5.74, 6) is -0.455. The van der Waals surface area contributed by atoms with Crippen molar-refractivity contribution in [2.75, 3.05) is 13.7 Å². The van der Waals surface area contributed by atoms with Gasteiger partial charge in [-0.3, -0.25) is 10.1 Å². The minimum absolute atomic E-state index is 0.0384. The number of nitro groups is 1. The van der Waals surface area contributed by atoms with E-state index < -0.39 is 10.7 Å². The highest BCUT2D eigenvalue weighted by molar-refractivity contribution is 9.09. The van der Waals surface area contributed by atoms with Crippen LogP contribution in [0.3, 0.4) is 0 Å². The molecule has 0 bridgehead atoms. The zero-order valence-electron chi connectivity index (χ0n) is 9.36. The molecule has 0 radical (unpaired) electrons. The molecule has 0 saturated heterocycles. The first-order valence-corrected chi connectivity index (χ1v) is 6.02. The van der Waals surface area contributed by atoms with Crippen LogP contribution in [0, 0.1) is 15.9 Å². The average molecular weight is 306 g/mol. The Balaban J connectivity index is 2.75. The summed E-state index contributed by atoms with van der Waals surface area (Å²) in [6.45, 7) is 0.517. The molecule has 1 aromatic carbocycles. The molecular formula is C11H13BrFNO3. The summed E-state index contributed by atoms with van der Waals surface area (Å²) in [7, 11) is 1.58. The second-order valence-corrected chi connectivity index (χ2v) is 4.92. The molecule has 0 N–H and O–H groups in total. The van der Waals surface area contributed by atoms with Crippen LogP contribution >= 0.6 is 15.9 Å². The number of nitrogens with zero attached hydrogens (tertiary/aromatic N) is 1. The van der Waals surface area contributed by atoms with Gasteiger partial charge in [-0.2, -0.15) is 0 Å². The van der Waals surface area contributed by atoms with E-state index in [1.807, 2.05) is 0 Å². The van der Waals surface area contributed by atoms with E-state index in [9.17, 15) is 14.5 Å². The molecule has 1 rings (SSSR count). The number of nitro benzene ring substituents is 1. The summed E-state index contributed by atoms with van der Waals surface area (Å²) in [6, 6.07) is 3.51. The maximum atomic E-state index is 13.0. The number of ether oxygens (including phenoxy) is 1. The molecule has 4 nitrogen and oxygen atoms in total. The number of hydrogen-bond donors (Lipinski definition) is 0. The molecule has 1 aromatic rings. The first-order valence-electron chi connectivity index (χ1n) is 5.10. The van der Waals surface area contributed by atoms with E-state index >= 15 is 0 Å². The predicted molar refractivity (Wildman–Crippen MR) is 66.0 cm³/mol. The zero-order chi connectivity index (χ0) is 12.8. The average Bonchev–Trinajstić information content (AvgIpc) is 2.26. The molecule has 1 unspecified atom stereocenters. The summed E-state index contributed by atoms with van der Waals surface area (Å²) in [5.41, 5.74) is 0.374. The first kappa shape index (κ1) is 14.1. The largest absolute Gasteiger partial charge is 0.384 e. The van der Waals surface area contributed by atoms with Gasteiger partial charge in [0.25, 0.3) is 5.69 Å². The van der Waals surface area contributed by atoms with Gasteiger partial charge in [0.1, 0.15) is 5.82 Å². The summed E-state index contributed by atoms with van der Waals surface area (Å²) >= 11 is 3.39. The van der Waals surface area contributed by atoms with Gasteiger partial charge < -0.3 is 4.74 Å². The number of rotatable bonds is 6. The normalized spacial score (nSPS) is 12.4. The second kappa shape index (κ2) is 6.66. The van der Waals surface area contributed by atoms with Crippen molar-refractivity contribution in [3.8, 4) is 0 Å². The third-order valence-corrected chi connectivity index (χ3v) is 3.03. The van der Waals surface area contributed by atoms with Crippen molar-refractivity contribution in [3.05, 3.63) is 39.7 Å². The molecule has 6 heteroatoms. The summed E-state index contributed by atoms with van der Waals surface area (Å²) in [4.78, 5) is 10.4. The molecule has 0 spiro atoms. The number of alkyl halides is 1. The van der Waals surface area contributed by atoms with Gasteiger partial charge in [-0.15, -0.1) is 0 Å². The summed E-state index contributed by atoms with van der Waals surface area (Å²) in [6.07, 6.45) is 1.09. The van der Waals surface area contributed by atoms with E-state index in [4.69, 9.17) is 4.74 Å². The van der Waals surface area contributed by atoms with Crippen LogP contribution in [0.15, 0.2) is 18.2 Å². The highest BCUT2D eigenvalue weighted by Gasteiger charge is 2.15. The fourth-order valence-electron chi connectivity index (χ4n) is 1.51. The summed E-state index contributed by atoms with van der Waals surface area (Å²) in [5, 5.41) is 10.8. The predicted octanol–water partition coefficient (Wildman–Crippen LogP) is 3.08. The lowest BCUT2D eigenvalue weighted by Crippen LogP contribution is -2.08. The van der Waals surface area contributed by atoms with Crippen molar-refractivity contribution in [1.29, 1.82) is 0 Å². The van der Waals surface area contributed by atoms with Crippen LogP contribution in [0.25, 0.3) is 0 Å². The van der Waals surface area contributed by atoms with Gasteiger partial charge >= 0.3 is 0 Å². The van der Waals surface area contributed by atoms with E-state index in [0.29, 0.717) is 25.0 Å². The van der Waals surface area contributed by atoms with Gasteiger partial charge in [-0.1, -0.05) is 15.9 Å². The maximum Gasteiger partial charge on any atom is 0.272 e. The number of aryl methyl sites for hydroxylation is 1. The molecule has 0 aromatic heterocycles.